The molecule has 1 fully saturated rings. The van der Waals surface area contributed by atoms with Gasteiger partial charge in [0.1, 0.15) is 0 Å². The summed E-state index contributed by atoms with van der Waals surface area (Å²) >= 11 is 3.61. The molecular formula is C15H23BrN2. The second-order valence-corrected chi connectivity index (χ2v) is 6.35. The van der Waals surface area contributed by atoms with Crippen LogP contribution in [0, 0.1) is 12.8 Å². The normalized spacial score (nSPS) is 23.8. The molecule has 1 aromatic carbocycles. The van der Waals surface area contributed by atoms with E-state index in [1.807, 2.05) is 0 Å². The van der Waals surface area contributed by atoms with Gasteiger partial charge in [-0.15, -0.1) is 0 Å². The minimum absolute atomic E-state index is 0.662. The van der Waals surface area contributed by atoms with Crippen LogP contribution < -0.4 is 5.73 Å². The summed E-state index contributed by atoms with van der Waals surface area (Å²) in [7, 11) is 2.23. The number of nitrogens with zero attached hydrogens (tertiary/aromatic N) is 1. The second-order valence-electron chi connectivity index (χ2n) is 5.49. The molecule has 0 heterocycles. The zero-order valence-corrected chi connectivity index (χ0v) is 12.9. The van der Waals surface area contributed by atoms with Crippen molar-refractivity contribution in [3.8, 4) is 0 Å². The van der Waals surface area contributed by atoms with Gasteiger partial charge in [0.05, 0.1) is 0 Å². The molecule has 0 bridgehead atoms. The molecule has 18 heavy (non-hydrogen) atoms. The van der Waals surface area contributed by atoms with Crippen molar-refractivity contribution < 1.29 is 0 Å². The number of halogens is 1. The van der Waals surface area contributed by atoms with Crippen LogP contribution in [0.25, 0.3) is 0 Å². The third kappa shape index (κ3) is 3.14. The van der Waals surface area contributed by atoms with E-state index in [2.05, 4.69) is 53.0 Å². The maximum Gasteiger partial charge on any atom is 0.0234 e. The van der Waals surface area contributed by atoms with Gasteiger partial charge in [-0.05, 0) is 56.5 Å². The molecule has 100 valence electrons. The van der Waals surface area contributed by atoms with Crippen LogP contribution in [0.1, 0.15) is 30.4 Å². The van der Waals surface area contributed by atoms with Crippen molar-refractivity contribution in [2.75, 3.05) is 13.6 Å². The van der Waals surface area contributed by atoms with Crippen LogP contribution in [0.15, 0.2) is 22.7 Å². The van der Waals surface area contributed by atoms with Crippen LogP contribution in [-0.4, -0.2) is 24.5 Å². The highest BCUT2D eigenvalue weighted by Gasteiger charge is 2.29. The minimum atomic E-state index is 0.662. The average Bonchev–Trinajstić information content (AvgIpc) is 2.82. The third-order valence-corrected chi connectivity index (χ3v) is 5.01. The fraction of sp³-hybridized carbons (Fsp3) is 0.600. The zero-order chi connectivity index (χ0) is 13.1. The number of rotatable bonds is 4. The summed E-state index contributed by atoms with van der Waals surface area (Å²) in [6, 6.07) is 7.30. The van der Waals surface area contributed by atoms with E-state index in [0.29, 0.717) is 12.0 Å². The maximum atomic E-state index is 5.87. The topological polar surface area (TPSA) is 29.3 Å². The summed E-state index contributed by atoms with van der Waals surface area (Å²) in [5.41, 5.74) is 8.53. The van der Waals surface area contributed by atoms with E-state index in [4.69, 9.17) is 5.73 Å². The van der Waals surface area contributed by atoms with Gasteiger partial charge in [-0.25, -0.2) is 0 Å². The van der Waals surface area contributed by atoms with Gasteiger partial charge in [0.25, 0.3) is 0 Å². The quantitative estimate of drug-likeness (QED) is 0.924. The summed E-state index contributed by atoms with van der Waals surface area (Å²) in [4.78, 5) is 2.47. The first-order valence-corrected chi connectivity index (χ1v) is 7.56. The monoisotopic (exact) mass is 310 g/mol. The lowest BCUT2D eigenvalue weighted by molar-refractivity contribution is 0.193. The van der Waals surface area contributed by atoms with Gasteiger partial charge in [0, 0.05) is 17.1 Å². The second kappa shape index (κ2) is 6.18. The molecule has 3 heteroatoms. The van der Waals surface area contributed by atoms with E-state index in [1.165, 1.54) is 34.9 Å². The molecule has 2 N–H and O–H groups in total. The largest absolute Gasteiger partial charge is 0.330 e. The maximum absolute atomic E-state index is 5.87. The Morgan fingerprint density at radius 1 is 1.39 bits per heavy atom. The van der Waals surface area contributed by atoms with E-state index in [0.717, 1.165) is 13.1 Å². The molecule has 0 saturated heterocycles. The van der Waals surface area contributed by atoms with Crippen LogP contribution in [0.2, 0.25) is 0 Å². The molecule has 1 aromatic rings. The van der Waals surface area contributed by atoms with Gasteiger partial charge in [0.15, 0.2) is 0 Å². The summed E-state index contributed by atoms with van der Waals surface area (Å²) in [6.07, 6.45) is 3.92. The fourth-order valence-corrected chi connectivity index (χ4v) is 3.44. The highest BCUT2D eigenvalue weighted by molar-refractivity contribution is 9.10. The molecule has 0 spiro atoms. The SMILES string of the molecule is Cc1ccc(CN(C)C2CCCC2CN)cc1Br. The fourth-order valence-electron chi connectivity index (χ4n) is 3.01. The number of aryl methyl sites for hydroxylation is 1. The van der Waals surface area contributed by atoms with Gasteiger partial charge in [-0.3, -0.25) is 4.90 Å². The predicted octanol–water partition coefficient (Wildman–Crippen LogP) is 3.32. The highest BCUT2D eigenvalue weighted by atomic mass is 79.9. The predicted molar refractivity (Wildman–Crippen MR) is 80.5 cm³/mol. The third-order valence-electron chi connectivity index (χ3n) is 4.16. The molecule has 0 aliphatic heterocycles. The Bertz CT molecular complexity index is 405. The summed E-state index contributed by atoms with van der Waals surface area (Å²) in [6.45, 7) is 3.96. The Kier molecular flexibility index (Phi) is 4.82. The van der Waals surface area contributed by atoms with Crippen molar-refractivity contribution in [2.45, 2.75) is 38.8 Å². The average molecular weight is 311 g/mol. The number of hydrogen-bond donors (Lipinski definition) is 1. The Labute approximate surface area is 119 Å². The van der Waals surface area contributed by atoms with Crippen molar-refractivity contribution in [3.05, 3.63) is 33.8 Å². The van der Waals surface area contributed by atoms with Crippen LogP contribution in [0.5, 0.6) is 0 Å². The molecule has 1 aliphatic carbocycles. The van der Waals surface area contributed by atoms with Crippen molar-refractivity contribution in [2.24, 2.45) is 11.7 Å². The lowest BCUT2D eigenvalue weighted by Crippen LogP contribution is -2.37. The number of benzene rings is 1. The minimum Gasteiger partial charge on any atom is -0.330 e. The molecular weight excluding hydrogens is 288 g/mol. The number of hydrogen-bond acceptors (Lipinski definition) is 2. The van der Waals surface area contributed by atoms with Crippen molar-refractivity contribution in [1.82, 2.24) is 4.90 Å². The molecule has 0 radical (unpaired) electrons. The lowest BCUT2D eigenvalue weighted by atomic mass is 10.0. The number of nitrogens with two attached hydrogens (primary N) is 1. The molecule has 1 aliphatic rings. The van der Waals surface area contributed by atoms with Gasteiger partial charge in [-0.2, -0.15) is 0 Å². The van der Waals surface area contributed by atoms with Gasteiger partial charge < -0.3 is 5.73 Å². The van der Waals surface area contributed by atoms with E-state index >= 15 is 0 Å². The van der Waals surface area contributed by atoms with Gasteiger partial charge in [-0.1, -0.05) is 34.5 Å². The van der Waals surface area contributed by atoms with E-state index in [1.54, 1.807) is 0 Å². The summed E-state index contributed by atoms with van der Waals surface area (Å²) in [5, 5.41) is 0. The van der Waals surface area contributed by atoms with Gasteiger partial charge in [0.2, 0.25) is 0 Å². The van der Waals surface area contributed by atoms with E-state index < -0.39 is 0 Å². The zero-order valence-electron chi connectivity index (χ0n) is 11.3. The first kappa shape index (κ1) is 14.0. The summed E-state index contributed by atoms with van der Waals surface area (Å²) < 4.78 is 1.20. The molecule has 2 rings (SSSR count). The molecule has 2 nitrogen and oxygen atoms in total. The van der Waals surface area contributed by atoms with Crippen LogP contribution >= 0.6 is 15.9 Å². The van der Waals surface area contributed by atoms with Crippen LogP contribution in [-0.2, 0) is 6.54 Å². The van der Waals surface area contributed by atoms with E-state index in [-0.39, 0.29) is 0 Å². The Morgan fingerprint density at radius 2 is 2.17 bits per heavy atom. The Morgan fingerprint density at radius 3 is 2.83 bits per heavy atom. The smallest absolute Gasteiger partial charge is 0.0234 e. The van der Waals surface area contributed by atoms with E-state index in [9.17, 15) is 0 Å². The molecule has 0 aromatic heterocycles. The molecule has 2 unspecified atom stereocenters. The standard InChI is InChI=1S/C15H23BrN2/c1-11-6-7-12(8-14(11)16)10-18(2)15-5-3-4-13(15)9-17/h6-8,13,15H,3-5,9-10,17H2,1-2H3. The molecule has 0 amide bonds. The summed E-state index contributed by atoms with van der Waals surface area (Å²) in [5.74, 6) is 0.684. The van der Waals surface area contributed by atoms with Crippen LogP contribution in [0.3, 0.4) is 0 Å². The molecule has 1 saturated carbocycles. The van der Waals surface area contributed by atoms with Crippen molar-refractivity contribution >= 4 is 15.9 Å². The molecule has 2 atom stereocenters. The highest BCUT2D eigenvalue weighted by Crippen LogP contribution is 2.29. The Balaban J connectivity index is 2.02. The van der Waals surface area contributed by atoms with Crippen molar-refractivity contribution in [1.29, 1.82) is 0 Å². The Hall–Kier alpha value is -0.380. The first-order chi connectivity index (χ1) is 8.61. The lowest BCUT2D eigenvalue weighted by Gasteiger charge is -2.29. The van der Waals surface area contributed by atoms with Gasteiger partial charge >= 0.3 is 0 Å². The van der Waals surface area contributed by atoms with Crippen LogP contribution in [0.4, 0.5) is 0 Å². The van der Waals surface area contributed by atoms with Crippen molar-refractivity contribution in [3.63, 3.8) is 0 Å². The first-order valence-electron chi connectivity index (χ1n) is 6.77.